The van der Waals surface area contributed by atoms with Gasteiger partial charge >= 0.3 is 5.97 Å². The van der Waals surface area contributed by atoms with Gasteiger partial charge in [-0.3, -0.25) is 0 Å². The van der Waals surface area contributed by atoms with Crippen LogP contribution in [0, 0.1) is 5.92 Å². The second-order valence-corrected chi connectivity index (χ2v) is 8.54. The summed E-state index contributed by atoms with van der Waals surface area (Å²) in [7, 11) is 0. The van der Waals surface area contributed by atoms with E-state index in [-0.39, 0.29) is 5.41 Å². The number of rotatable bonds is 4. The number of carbonyl (C=O) groups is 1. The van der Waals surface area contributed by atoms with Crippen molar-refractivity contribution in [3.8, 4) is 0 Å². The van der Waals surface area contributed by atoms with Gasteiger partial charge in [-0.05, 0) is 73.3 Å². The summed E-state index contributed by atoms with van der Waals surface area (Å²) >= 11 is 0. The minimum atomic E-state index is -0.891. The van der Waals surface area contributed by atoms with Crippen LogP contribution in [0.5, 0.6) is 0 Å². The minimum Gasteiger partial charge on any atom is -0.478 e. The molecule has 2 aliphatic carbocycles. The Bertz CT molecular complexity index is 901. The maximum atomic E-state index is 11.5. The number of hydrogen-bond donors (Lipinski definition) is 2. The highest BCUT2D eigenvalue weighted by molar-refractivity contribution is 5.88. The van der Waals surface area contributed by atoms with E-state index in [1.54, 1.807) is 6.07 Å². The predicted octanol–water partition coefficient (Wildman–Crippen LogP) is 5.22. The third-order valence-corrected chi connectivity index (χ3v) is 7.02. The van der Waals surface area contributed by atoms with Crippen molar-refractivity contribution in [3.63, 3.8) is 0 Å². The Balaban J connectivity index is 1.84. The molecule has 0 aliphatic heterocycles. The molecule has 0 saturated heterocycles. The van der Waals surface area contributed by atoms with E-state index in [0.29, 0.717) is 11.5 Å². The Labute approximate surface area is 166 Å². The number of allylic oxidation sites excluding steroid dienone is 1. The molecule has 2 N–H and O–H groups in total. The first-order chi connectivity index (χ1) is 13.5. The monoisotopic (exact) mass is 376 g/mol. The molecule has 28 heavy (non-hydrogen) atoms. The van der Waals surface area contributed by atoms with Crippen LogP contribution in [-0.2, 0) is 11.8 Å². The molecule has 3 nitrogen and oxygen atoms in total. The van der Waals surface area contributed by atoms with Gasteiger partial charge < -0.3 is 10.2 Å². The first-order valence-corrected chi connectivity index (χ1v) is 10.3. The second-order valence-electron chi connectivity index (χ2n) is 8.54. The Morgan fingerprint density at radius 1 is 1.14 bits per heavy atom. The molecule has 0 unspecified atom stereocenters. The molecule has 3 atom stereocenters. The Morgan fingerprint density at radius 3 is 2.64 bits per heavy atom. The van der Waals surface area contributed by atoms with Crippen LogP contribution < -0.4 is 0 Å². The molecule has 0 aromatic heterocycles. The van der Waals surface area contributed by atoms with E-state index < -0.39 is 11.6 Å². The Morgan fingerprint density at radius 2 is 1.93 bits per heavy atom. The van der Waals surface area contributed by atoms with Crippen molar-refractivity contribution in [1.82, 2.24) is 0 Å². The third kappa shape index (κ3) is 3.29. The van der Waals surface area contributed by atoms with Gasteiger partial charge in [-0.1, -0.05) is 55.5 Å². The van der Waals surface area contributed by atoms with Crippen molar-refractivity contribution >= 4 is 12.0 Å². The van der Waals surface area contributed by atoms with Crippen molar-refractivity contribution in [3.05, 3.63) is 76.9 Å². The van der Waals surface area contributed by atoms with Crippen LogP contribution >= 0.6 is 0 Å². The van der Waals surface area contributed by atoms with Crippen molar-refractivity contribution in [2.45, 2.75) is 56.5 Å². The molecule has 2 aliphatic rings. The average Bonchev–Trinajstić information content (AvgIpc) is 2.85. The molecular weight excluding hydrogens is 348 g/mol. The summed E-state index contributed by atoms with van der Waals surface area (Å²) in [4.78, 5) is 11.5. The summed E-state index contributed by atoms with van der Waals surface area (Å²) in [6.45, 7) is 2.07. The maximum Gasteiger partial charge on any atom is 0.335 e. The molecule has 0 radical (unpaired) electrons. The van der Waals surface area contributed by atoms with Gasteiger partial charge in [0.15, 0.2) is 0 Å². The average molecular weight is 376 g/mol. The van der Waals surface area contributed by atoms with Crippen LogP contribution in [0.2, 0.25) is 0 Å². The van der Waals surface area contributed by atoms with Crippen LogP contribution in [0.25, 0.3) is 6.08 Å². The molecule has 4 rings (SSSR count). The van der Waals surface area contributed by atoms with Gasteiger partial charge in [-0.15, -0.1) is 0 Å². The number of carboxylic acids is 1. The summed E-state index contributed by atoms with van der Waals surface area (Å²) in [5, 5.41) is 20.5. The van der Waals surface area contributed by atoms with E-state index in [4.69, 9.17) is 0 Å². The standard InChI is InChI=1S/C25H28O3/c1-2-24(28)13-14-25(16-18-7-4-3-5-8-18)21(17-24)10-6-9-19-15-20(23(26)27)11-12-22(19)25/h3-9,11-12,15,21,28H,2,10,13-14,16-17H2,1H3,(H,26,27)/t21-,24+,25-/m1/s1. The molecule has 2 aromatic carbocycles. The largest absolute Gasteiger partial charge is 0.478 e. The van der Waals surface area contributed by atoms with Gasteiger partial charge in [0.1, 0.15) is 0 Å². The fourth-order valence-corrected chi connectivity index (χ4v) is 5.33. The molecule has 0 bridgehead atoms. The molecule has 3 heteroatoms. The van der Waals surface area contributed by atoms with Crippen LogP contribution in [0.1, 0.15) is 66.1 Å². The van der Waals surface area contributed by atoms with Gasteiger partial charge in [0.05, 0.1) is 11.2 Å². The Kier molecular flexibility index (Phi) is 4.88. The van der Waals surface area contributed by atoms with Crippen LogP contribution in [0.15, 0.2) is 54.6 Å². The topological polar surface area (TPSA) is 57.5 Å². The highest BCUT2D eigenvalue weighted by atomic mass is 16.4. The normalized spacial score (nSPS) is 28.9. The number of carboxylic acid groups (broad SMARTS) is 1. The summed E-state index contributed by atoms with van der Waals surface area (Å²) in [6, 6.07) is 16.1. The smallest absolute Gasteiger partial charge is 0.335 e. The van der Waals surface area contributed by atoms with E-state index >= 15 is 0 Å². The lowest BCUT2D eigenvalue weighted by Crippen LogP contribution is -2.48. The zero-order valence-corrected chi connectivity index (χ0v) is 16.4. The lowest BCUT2D eigenvalue weighted by Gasteiger charge is -2.50. The van der Waals surface area contributed by atoms with Crippen molar-refractivity contribution in [2.24, 2.45) is 5.92 Å². The van der Waals surface area contributed by atoms with Crippen LogP contribution in [0.3, 0.4) is 0 Å². The minimum absolute atomic E-state index is 0.0847. The lowest BCUT2D eigenvalue weighted by molar-refractivity contribution is -0.0475. The molecule has 2 aromatic rings. The van der Waals surface area contributed by atoms with Crippen LogP contribution in [-0.4, -0.2) is 21.8 Å². The predicted molar refractivity (Wildman–Crippen MR) is 111 cm³/mol. The number of aliphatic hydroxyl groups is 1. The number of fused-ring (bicyclic) bond motifs is 3. The summed E-state index contributed by atoms with van der Waals surface area (Å²) in [5.41, 5.74) is 3.20. The van der Waals surface area contributed by atoms with Crippen molar-refractivity contribution in [2.75, 3.05) is 0 Å². The maximum absolute atomic E-state index is 11.5. The SMILES string of the molecule is CC[C@]1(O)CC[C@]2(Cc3ccccc3)c3ccc(C(=O)O)cc3C=CC[C@@H]2C1. The quantitative estimate of drug-likeness (QED) is 0.769. The number of hydrogen-bond acceptors (Lipinski definition) is 2. The molecule has 146 valence electrons. The third-order valence-electron chi connectivity index (χ3n) is 7.02. The summed E-state index contributed by atoms with van der Waals surface area (Å²) < 4.78 is 0. The van der Waals surface area contributed by atoms with Crippen molar-refractivity contribution < 1.29 is 15.0 Å². The molecule has 0 spiro atoms. The van der Waals surface area contributed by atoms with Gasteiger partial charge in [0.2, 0.25) is 0 Å². The Hall–Kier alpha value is -2.39. The van der Waals surface area contributed by atoms with Gasteiger partial charge in [0.25, 0.3) is 0 Å². The van der Waals surface area contributed by atoms with Gasteiger partial charge in [-0.2, -0.15) is 0 Å². The fraction of sp³-hybridized carbons (Fsp3) is 0.400. The molecule has 0 amide bonds. The zero-order valence-electron chi connectivity index (χ0n) is 16.4. The molecule has 1 saturated carbocycles. The fourth-order valence-electron chi connectivity index (χ4n) is 5.33. The van der Waals surface area contributed by atoms with Gasteiger partial charge in [-0.25, -0.2) is 4.79 Å². The van der Waals surface area contributed by atoms with E-state index in [1.807, 2.05) is 18.2 Å². The molecule has 0 heterocycles. The molecule has 1 fully saturated rings. The summed E-state index contributed by atoms with van der Waals surface area (Å²) in [6.07, 6.45) is 9.35. The first kappa shape index (κ1) is 18.9. The highest BCUT2D eigenvalue weighted by Gasteiger charge is 2.49. The lowest BCUT2D eigenvalue weighted by atomic mass is 9.55. The van der Waals surface area contributed by atoms with Crippen molar-refractivity contribution in [1.29, 1.82) is 0 Å². The van der Waals surface area contributed by atoms with E-state index in [9.17, 15) is 15.0 Å². The van der Waals surface area contributed by atoms with E-state index in [1.165, 1.54) is 11.1 Å². The first-order valence-electron chi connectivity index (χ1n) is 10.3. The van der Waals surface area contributed by atoms with E-state index in [0.717, 1.165) is 44.1 Å². The zero-order chi connectivity index (χ0) is 19.8. The summed E-state index contributed by atoms with van der Waals surface area (Å²) in [5.74, 6) is -0.558. The number of benzene rings is 2. The highest BCUT2D eigenvalue weighted by Crippen LogP contribution is 2.53. The second kappa shape index (κ2) is 7.21. The number of aromatic carboxylic acids is 1. The van der Waals surface area contributed by atoms with Gasteiger partial charge in [0, 0.05) is 5.41 Å². The van der Waals surface area contributed by atoms with E-state index in [2.05, 4.69) is 43.3 Å². The van der Waals surface area contributed by atoms with Crippen LogP contribution in [0.4, 0.5) is 0 Å². The molecular formula is C25H28O3.